The number of aromatic carboxylic acids is 1. The Labute approximate surface area is 120 Å². The summed E-state index contributed by atoms with van der Waals surface area (Å²) >= 11 is 0. The van der Waals surface area contributed by atoms with E-state index in [4.69, 9.17) is 5.11 Å². The van der Waals surface area contributed by atoms with Gasteiger partial charge in [-0.25, -0.2) is 4.79 Å². The average Bonchev–Trinajstić information content (AvgIpc) is 2.46. The van der Waals surface area contributed by atoms with Gasteiger partial charge < -0.3 is 15.2 Å². The molecule has 0 aliphatic carbocycles. The summed E-state index contributed by atoms with van der Waals surface area (Å²) < 4.78 is 28.3. The minimum absolute atomic E-state index is 0.0985. The van der Waals surface area contributed by atoms with Gasteiger partial charge in [-0.2, -0.15) is 8.78 Å². The van der Waals surface area contributed by atoms with Crippen molar-refractivity contribution in [2.75, 3.05) is 5.32 Å². The molecule has 0 aromatic heterocycles. The summed E-state index contributed by atoms with van der Waals surface area (Å²) in [6.07, 6.45) is 0. The molecule has 0 saturated heterocycles. The van der Waals surface area contributed by atoms with Gasteiger partial charge in [-0.15, -0.1) is 0 Å². The van der Waals surface area contributed by atoms with Crippen LogP contribution in [0.3, 0.4) is 0 Å². The number of nitrogens with one attached hydrogen (secondary N) is 1. The Morgan fingerprint density at radius 2 is 1.71 bits per heavy atom. The molecule has 0 amide bonds. The molecule has 0 unspecified atom stereocenters. The number of hydrogen-bond donors (Lipinski definition) is 2. The number of rotatable bonds is 6. The van der Waals surface area contributed by atoms with Gasteiger partial charge in [-0.3, -0.25) is 0 Å². The summed E-state index contributed by atoms with van der Waals surface area (Å²) in [5.74, 6) is -0.870. The second-order valence-electron chi connectivity index (χ2n) is 4.26. The van der Waals surface area contributed by atoms with Crippen LogP contribution in [0.15, 0.2) is 48.5 Å². The lowest BCUT2D eigenvalue weighted by Gasteiger charge is -2.08. The van der Waals surface area contributed by atoms with Crippen LogP contribution in [0, 0.1) is 0 Å². The van der Waals surface area contributed by atoms with Crippen LogP contribution in [0.25, 0.3) is 0 Å². The maximum Gasteiger partial charge on any atom is 0.387 e. The molecule has 0 aliphatic rings. The fourth-order valence-electron chi connectivity index (χ4n) is 1.72. The van der Waals surface area contributed by atoms with E-state index >= 15 is 0 Å². The summed E-state index contributed by atoms with van der Waals surface area (Å²) in [6.45, 7) is -2.34. The smallest absolute Gasteiger partial charge is 0.387 e. The quantitative estimate of drug-likeness (QED) is 0.854. The summed E-state index contributed by atoms with van der Waals surface area (Å²) in [7, 11) is 0. The number of alkyl halides is 2. The monoisotopic (exact) mass is 293 g/mol. The van der Waals surface area contributed by atoms with Crippen LogP contribution in [0.2, 0.25) is 0 Å². The topological polar surface area (TPSA) is 58.6 Å². The molecule has 0 radical (unpaired) electrons. The van der Waals surface area contributed by atoms with Crippen molar-refractivity contribution < 1.29 is 23.4 Å². The van der Waals surface area contributed by atoms with Crippen LogP contribution in [-0.4, -0.2) is 17.7 Å². The average molecular weight is 293 g/mol. The molecule has 0 saturated carbocycles. The minimum atomic E-state index is -2.84. The van der Waals surface area contributed by atoms with Crippen molar-refractivity contribution in [1.82, 2.24) is 0 Å². The maximum atomic E-state index is 12.0. The minimum Gasteiger partial charge on any atom is -0.478 e. The lowest BCUT2D eigenvalue weighted by atomic mass is 10.1. The molecule has 0 spiro atoms. The maximum absolute atomic E-state index is 12.0. The number of carboxylic acid groups (broad SMARTS) is 1. The van der Waals surface area contributed by atoms with E-state index in [9.17, 15) is 13.6 Å². The molecular formula is C15H13F2NO3. The third-order valence-electron chi connectivity index (χ3n) is 2.78. The number of anilines is 1. The number of carbonyl (C=O) groups is 1. The molecule has 2 aromatic carbocycles. The van der Waals surface area contributed by atoms with E-state index in [0.717, 1.165) is 11.3 Å². The number of ether oxygens (including phenoxy) is 1. The SMILES string of the molecule is O=C(O)c1ccc(CNc2ccc(OC(F)F)cc2)cc1. The van der Waals surface area contributed by atoms with Gasteiger partial charge >= 0.3 is 12.6 Å². The highest BCUT2D eigenvalue weighted by Crippen LogP contribution is 2.18. The van der Waals surface area contributed by atoms with Gasteiger partial charge in [0.1, 0.15) is 5.75 Å². The number of benzene rings is 2. The zero-order valence-corrected chi connectivity index (χ0v) is 10.9. The Morgan fingerprint density at radius 1 is 1.10 bits per heavy atom. The van der Waals surface area contributed by atoms with Gasteiger partial charge in [0.2, 0.25) is 0 Å². The molecule has 2 aromatic rings. The second-order valence-corrected chi connectivity index (χ2v) is 4.26. The van der Waals surface area contributed by atoms with Gasteiger partial charge in [-0.05, 0) is 42.0 Å². The Bertz CT molecular complexity index is 597. The van der Waals surface area contributed by atoms with Crippen LogP contribution >= 0.6 is 0 Å². The van der Waals surface area contributed by atoms with E-state index in [1.54, 1.807) is 24.3 Å². The third kappa shape index (κ3) is 4.45. The summed E-state index contributed by atoms with van der Waals surface area (Å²) in [5, 5.41) is 11.9. The molecule has 4 nitrogen and oxygen atoms in total. The summed E-state index contributed by atoms with van der Waals surface area (Å²) in [5.41, 5.74) is 1.89. The van der Waals surface area contributed by atoms with Crippen molar-refractivity contribution in [1.29, 1.82) is 0 Å². The normalized spacial score (nSPS) is 10.4. The highest BCUT2D eigenvalue weighted by Gasteiger charge is 2.04. The second kappa shape index (κ2) is 6.69. The lowest BCUT2D eigenvalue weighted by Crippen LogP contribution is -2.03. The fraction of sp³-hybridized carbons (Fsp3) is 0.133. The summed E-state index contributed by atoms with van der Waals surface area (Å²) in [4.78, 5) is 10.7. The van der Waals surface area contributed by atoms with Crippen LogP contribution in [0.1, 0.15) is 15.9 Å². The van der Waals surface area contributed by atoms with Crippen LogP contribution in [0.4, 0.5) is 14.5 Å². The largest absolute Gasteiger partial charge is 0.478 e. The number of halogens is 2. The predicted molar refractivity (Wildman–Crippen MR) is 73.8 cm³/mol. The molecule has 0 bridgehead atoms. The van der Waals surface area contributed by atoms with Crippen LogP contribution < -0.4 is 10.1 Å². The van der Waals surface area contributed by atoms with E-state index in [-0.39, 0.29) is 11.3 Å². The van der Waals surface area contributed by atoms with E-state index in [1.165, 1.54) is 24.3 Å². The molecular weight excluding hydrogens is 280 g/mol. The standard InChI is InChI=1S/C15H13F2NO3/c16-15(17)21-13-7-5-12(6-8-13)18-9-10-1-3-11(4-2-10)14(19)20/h1-8,15,18H,9H2,(H,19,20). The van der Waals surface area contributed by atoms with Crippen LogP contribution in [-0.2, 0) is 6.54 Å². The lowest BCUT2D eigenvalue weighted by molar-refractivity contribution is -0.0498. The van der Waals surface area contributed by atoms with Crippen molar-refractivity contribution in [3.63, 3.8) is 0 Å². The van der Waals surface area contributed by atoms with Crippen LogP contribution in [0.5, 0.6) is 5.75 Å². The molecule has 110 valence electrons. The molecule has 0 heterocycles. The van der Waals surface area contributed by atoms with E-state index in [1.807, 2.05) is 0 Å². The van der Waals surface area contributed by atoms with Gasteiger partial charge in [0, 0.05) is 12.2 Å². The molecule has 0 atom stereocenters. The molecule has 2 rings (SSSR count). The van der Waals surface area contributed by atoms with Gasteiger partial charge in [0.05, 0.1) is 5.56 Å². The van der Waals surface area contributed by atoms with Crippen molar-refractivity contribution in [2.45, 2.75) is 13.2 Å². The highest BCUT2D eigenvalue weighted by atomic mass is 19.3. The zero-order chi connectivity index (χ0) is 15.2. The van der Waals surface area contributed by atoms with E-state index in [2.05, 4.69) is 10.1 Å². The first kappa shape index (κ1) is 14.8. The van der Waals surface area contributed by atoms with Crippen molar-refractivity contribution in [3.8, 4) is 5.75 Å². The predicted octanol–water partition coefficient (Wildman–Crippen LogP) is 3.60. The zero-order valence-electron chi connectivity index (χ0n) is 10.9. The Hall–Kier alpha value is -2.63. The van der Waals surface area contributed by atoms with E-state index in [0.29, 0.717) is 6.54 Å². The van der Waals surface area contributed by atoms with Gasteiger partial charge in [0.25, 0.3) is 0 Å². The van der Waals surface area contributed by atoms with Crippen molar-refractivity contribution in [2.24, 2.45) is 0 Å². The Kier molecular flexibility index (Phi) is 4.71. The third-order valence-corrected chi connectivity index (χ3v) is 2.78. The van der Waals surface area contributed by atoms with Gasteiger partial charge in [-0.1, -0.05) is 12.1 Å². The van der Waals surface area contributed by atoms with Crippen molar-refractivity contribution >= 4 is 11.7 Å². The Balaban J connectivity index is 1.91. The first-order valence-electron chi connectivity index (χ1n) is 6.15. The van der Waals surface area contributed by atoms with E-state index < -0.39 is 12.6 Å². The highest BCUT2D eigenvalue weighted by molar-refractivity contribution is 5.87. The van der Waals surface area contributed by atoms with Gasteiger partial charge in [0.15, 0.2) is 0 Å². The molecule has 21 heavy (non-hydrogen) atoms. The first-order chi connectivity index (χ1) is 10.0. The first-order valence-corrected chi connectivity index (χ1v) is 6.15. The number of hydrogen-bond acceptors (Lipinski definition) is 3. The van der Waals surface area contributed by atoms with Crippen molar-refractivity contribution in [3.05, 3.63) is 59.7 Å². The molecule has 6 heteroatoms. The fourth-order valence-corrected chi connectivity index (χ4v) is 1.72. The summed E-state index contributed by atoms with van der Waals surface area (Å²) in [6, 6.07) is 12.6. The molecule has 0 aliphatic heterocycles. The Morgan fingerprint density at radius 3 is 2.24 bits per heavy atom. The molecule has 2 N–H and O–H groups in total. The number of carboxylic acids is 1. The molecule has 0 fully saturated rings.